The number of methoxy groups -OCH3 is 2. The summed E-state index contributed by atoms with van der Waals surface area (Å²) < 4.78 is 9.26. The number of carboxylic acids is 2. The topological polar surface area (TPSA) is 139 Å². The smallest absolute Gasteiger partial charge is 0.872 e. The van der Waals surface area contributed by atoms with Crippen LogP contribution in [0.1, 0.15) is 11.1 Å². The zero-order chi connectivity index (χ0) is 21.1. The Labute approximate surface area is 204 Å². The number of ether oxygens (including phenoxy) is 2. The fraction of sp³-hybridized carbons (Fsp3) is 0.100. The Kier molecular flexibility index (Phi) is 12.5. The molecule has 0 saturated heterocycles. The van der Waals surface area contributed by atoms with Gasteiger partial charge >= 0.3 is 57.4 Å². The predicted octanol–water partition coefficient (Wildman–Crippen LogP) is 1.28. The molecule has 148 valence electrons. The maximum Gasteiger partial charge on any atom is 2.00 e. The van der Waals surface area contributed by atoms with Crippen molar-refractivity contribution in [1.29, 1.82) is 0 Å². The van der Waals surface area contributed by atoms with E-state index in [1.807, 2.05) is 0 Å². The van der Waals surface area contributed by atoms with Gasteiger partial charge < -0.3 is 29.9 Å². The van der Waals surface area contributed by atoms with Crippen LogP contribution in [0, 0.1) is 0 Å². The molecule has 2 aromatic rings. The monoisotopic (exact) mass is 474 g/mol. The Bertz CT molecular complexity index is 782. The first-order chi connectivity index (χ1) is 13.3. The van der Waals surface area contributed by atoms with E-state index in [-0.39, 0.29) is 68.5 Å². The molecule has 0 amide bonds. The summed E-state index contributed by atoms with van der Waals surface area (Å²) in [6, 6.07) is 11.6. The van der Waals surface area contributed by atoms with E-state index in [2.05, 4.69) is 9.47 Å². The molecule has 2 N–H and O–H groups in total. The van der Waals surface area contributed by atoms with Gasteiger partial charge in [0, 0.05) is 0 Å². The minimum atomic E-state index is -1.14. The van der Waals surface area contributed by atoms with Gasteiger partial charge in [0.15, 0.2) is 0 Å². The van der Waals surface area contributed by atoms with Crippen molar-refractivity contribution in [2.24, 2.45) is 0 Å². The molecule has 2 aromatic carbocycles. The molecule has 0 aromatic heterocycles. The van der Waals surface area contributed by atoms with Gasteiger partial charge in [-0.05, 0) is 23.3 Å². The molecular formula is C20H18O8Sr. The van der Waals surface area contributed by atoms with Gasteiger partial charge in [-0.1, -0.05) is 48.5 Å². The zero-order valence-electron chi connectivity index (χ0n) is 15.8. The molecule has 0 fully saturated rings. The Morgan fingerprint density at radius 2 is 1.00 bits per heavy atom. The summed E-state index contributed by atoms with van der Waals surface area (Å²) in [7, 11) is 2.56. The molecule has 0 aliphatic rings. The van der Waals surface area contributed by atoms with Crippen molar-refractivity contribution in [2.45, 2.75) is 0 Å². The Morgan fingerprint density at radius 3 is 1.21 bits per heavy atom. The van der Waals surface area contributed by atoms with Gasteiger partial charge in [0.05, 0.1) is 14.2 Å². The summed E-state index contributed by atoms with van der Waals surface area (Å²) in [6.07, 6.45) is 2.70. The van der Waals surface area contributed by atoms with Crippen molar-refractivity contribution in [3.8, 4) is 11.5 Å². The Morgan fingerprint density at radius 1 is 0.724 bits per heavy atom. The SMILES string of the molecule is CO/C(=C\c1ccc([O-])cc1)C(=O)O.CO/C(=C\c1ccc([O-])cc1)C(=O)O.[Sr+2]. The summed E-state index contributed by atoms with van der Waals surface area (Å²) in [4.78, 5) is 21.1. The molecular weight excluding hydrogens is 456 g/mol. The second-order valence-electron chi connectivity index (χ2n) is 5.17. The summed E-state index contributed by atoms with van der Waals surface area (Å²) in [5.41, 5.74) is 1.23. The normalized spacial score (nSPS) is 10.7. The number of carboxylic acid groups (broad SMARTS) is 2. The van der Waals surface area contributed by atoms with E-state index in [0.717, 1.165) is 0 Å². The van der Waals surface area contributed by atoms with Gasteiger partial charge in [-0.15, -0.1) is 11.5 Å². The fourth-order valence-corrected chi connectivity index (χ4v) is 1.85. The minimum absolute atomic E-state index is 0. The summed E-state index contributed by atoms with van der Waals surface area (Å²) in [5.74, 6) is -2.84. The van der Waals surface area contributed by atoms with Crippen LogP contribution in [0.15, 0.2) is 60.0 Å². The maximum absolute atomic E-state index is 10.7. The van der Waals surface area contributed by atoms with Crippen LogP contribution in [-0.4, -0.2) is 81.9 Å². The first-order valence-corrected chi connectivity index (χ1v) is 7.79. The van der Waals surface area contributed by atoms with Crippen LogP contribution in [0.5, 0.6) is 11.5 Å². The maximum atomic E-state index is 10.7. The van der Waals surface area contributed by atoms with Crippen molar-refractivity contribution in [3.63, 3.8) is 0 Å². The van der Waals surface area contributed by atoms with Crippen molar-refractivity contribution in [2.75, 3.05) is 14.2 Å². The Balaban J connectivity index is 0.000000523. The number of aliphatic carboxylic acids is 2. The molecule has 0 aliphatic heterocycles. The van der Waals surface area contributed by atoms with Gasteiger partial charge in [-0.3, -0.25) is 0 Å². The quantitative estimate of drug-likeness (QED) is 0.363. The number of hydrogen-bond acceptors (Lipinski definition) is 6. The molecule has 0 spiro atoms. The third-order valence-corrected chi connectivity index (χ3v) is 3.22. The number of rotatable bonds is 6. The Hall–Kier alpha value is -2.46. The molecule has 8 nitrogen and oxygen atoms in total. The van der Waals surface area contributed by atoms with Gasteiger partial charge in [-0.25, -0.2) is 9.59 Å². The van der Waals surface area contributed by atoms with E-state index >= 15 is 0 Å². The molecule has 0 bridgehead atoms. The van der Waals surface area contributed by atoms with Gasteiger partial charge in [0.1, 0.15) is 0 Å². The largest absolute Gasteiger partial charge is 2.00 e. The molecule has 29 heavy (non-hydrogen) atoms. The van der Waals surface area contributed by atoms with Crippen molar-refractivity contribution in [1.82, 2.24) is 0 Å². The standard InChI is InChI=1S/2C10H10O4.Sr/c2*1-14-9(10(12)13)6-7-2-4-8(11)5-3-7;/h2*2-6,11H,1H3,(H,12,13);/q;;+2/p-2/b2*9-6-;. The van der Waals surface area contributed by atoms with Crippen molar-refractivity contribution < 1.29 is 39.5 Å². The van der Waals surface area contributed by atoms with Crippen LogP contribution in [0.4, 0.5) is 0 Å². The molecule has 0 saturated carbocycles. The van der Waals surface area contributed by atoms with Crippen LogP contribution in [-0.2, 0) is 19.1 Å². The van der Waals surface area contributed by atoms with Gasteiger partial charge in [0.25, 0.3) is 0 Å². The van der Waals surface area contributed by atoms with Crippen LogP contribution < -0.4 is 10.2 Å². The summed E-state index contributed by atoms with van der Waals surface area (Å²) in [6.45, 7) is 0. The number of hydrogen-bond donors (Lipinski definition) is 2. The minimum Gasteiger partial charge on any atom is -0.872 e. The van der Waals surface area contributed by atoms with Gasteiger partial charge in [0.2, 0.25) is 11.5 Å². The molecule has 0 aliphatic carbocycles. The van der Waals surface area contributed by atoms with Crippen LogP contribution in [0.2, 0.25) is 0 Å². The van der Waals surface area contributed by atoms with Crippen LogP contribution in [0.25, 0.3) is 12.2 Å². The summed E-state index contributed by atoms with van der Waals surface area (Å²) in [5, 5.41) is 38.8. The van der Waals surface area contributed by atoms with E-state index < -0.39 is 11.9 Å². The fourth-order valence-electron chi connectivity index (χ4n) is 1.85. The molecule has 0 unspecified atom stereocenters. The number of benzene rings is 2. The van der Waals surface area contributed by atoms with E-state index in [1.54, 1.807) is 0 Å². The third kappa shape index (κ3) is 10.0. The molecule has 9 heteroatoms. The molecule has 0 atom stereocenters. The van der Waals surface area contributed by atoms with Crippen molar-refractivity contribution >= 4 is 69.6 Å². The van der Waals surface area contributed by atoms with E-state index in [1.165, 1.54) is 74.9 Å². The van der Waals surface area contributed by atoms with Crippen molar-refractivity contribution in [3.05, 3.63) is 71.2 Å². The van der Waals surface area contributed by atoms with Gasteiger partial charge in [-0.2, -0.15) is 0 Å². The second kappa shape index (κ2) is 13.7. The number of carbonyl (C=O) groups is 2. The third-order valence-electron chi connectivity index (χ3n) is 3.22. The molecule has 0 radical (unpaired) electrons. The predicted molar refractivity (Wildman–Crippen MR) is 103 cm³/mol. The first-order valence-electron chi connectivity index (χ1n) is 7.79. The zero-order valence-corrected chi connectivity index (χ0v) is 19.3. The summed E-state index contributed by atoms with van der Waals surface area (Å²) >= 11 is 0. The van der Waals surface area contributed by atoms with E-state index in [4.69, 9.17) is 10.2 Å². The van der Waals surface area contributed by atoms with E-state index in [9.17, 15) is 19.8 Å². The second-order valence-corrected chi connectivity index (χ2v) is 5.17. The van der Waals surface area contributed by atoms with E-state index in [0.29, 0.717) is 11.1 Å². The first kappa shape index (κ1) is 26.5. The van der Waals surface area contributed by atoms with Crippen LogP contribution >= 0.6 is 0 Å². The molecule has 0 heterocycles. The van der Waals surface area contributed by atoms with Crippen LogP contribution in [0.3, 0.4) is 0 Å². The average Bonchev–Trinajstić information content (AvgIpc) is 2.67. The molecule has 2 rings (SSSR count). The average molecular weight is 474 g/mol.